The van der Waals surface area contributed by atoms with Gasteiger partial charge in [-0.2, -0.15) is 0 Å². The molecule has 0 aromatic heterocycles. The highest BCUT2D eigenvalue weighted by atomic mass is 14.9. The lowest BCUT2D eigenvalue weighted by Gasteiger charge is -2.32. The van der Waals surface area contributed by atoms with Gasteiger partial charge in [-0.1, -0.05) is 118 Å². The van der Waals surface area contributed by atoms with Gasteiger partial charge in [0.15, 0.2) is 0 Å². The zero-order valence-corrected chi connectivity index (χ0v) is 21.0. The molecular formula is C35H29N. The van der Waals surface area contributed by atoms with Gasteiger partial charge in [-0.3, -0.25) is 0 Å². The van der Waals surface area contributed by atoms with Crippen LogP contribution >= 0.6 is 0 Å². The minimum atomic E-state index is -0.343. The van der Waals surface area contributed by atoms with Crippen LogP contribution in [-0.4, -0.2) is 0 Å². The van der Waals surface area contributed by atoms with Gasteiger partial charge in [0.1, 0.15) is 0 Å². The number of benzene rings is 5. The molecule has 2 aliphatic rings. The van der Waals surface area contributed by atoms with Gasteiger partial charge < -0.3 is 5.32 Å². The molecule has 1 N–H and O–H groups in total. The number of anilines is 2. The van der Waals surface area contributed by atoms with Crippen LogP contribution in [0.15, 0.2) is 115 Å². The van der Waals surface area contributed by atoms with Crippen molar-refractivity contribution in [2.45, 2.75) is 31.6 Å². The molecule has 0 heterocycles. The van der Waals surface area contributed by atoms with Gasteiger partial charge in [0.05, 0.1) is 5.41 Å². The first-order valence-corrected chi connectivity index (χ1v) is 12.8. The predicted octanol–water partition coefficient (Wildman–Crippen LogP) is 9.07. The van der Waals surface area contributed by atoms with E-state index in [1.165, 1.54) is 55.8 Å². The van der Waals surface area contributed by atoms with E-state index in [0.29, 0.717) is 0 Å². The van der Waals surface area contributed by atoms with Gasteiger partial charge in [0.25, 0.3) is 0 Å². The highest BCUT2D eigenvalue weighted by molar-refractivity contribution is 5.98. The molecule has 5 aromatic rings. The second-order valence-electron chi connectivity index (χ2n) is 11.1. The number of rotatable bonds is 2. The van der Waals surface area contributed by atoms with Crippen LogP contribution in [0.1, 0.15) is 48.6 Å². The third kappa shape index (κ3) is 2.77. The third-order valence-electron chi connectivity index (χ3n) is 8.02. The van der Waals surface area contributed by atoms with E-state index in [4.69, 9.17) is 0 Å². The molecule has 5 aromatic carbocycles. The van der Waals surface area contributed by atoms with Gasteiger partial charge in [-0.05, 0) is 68.1 Å². The van der Waals surface area contributed by atoms with Crippen molar-refractivity contribution in [3.05, 3.63) is 143 Å². The van der Waals surface area contributed by atoms with Crippen molar-refractivity contribution in [2.75, 3.05) is 5.32 Å². The summed E-state index contributed by atoms with van der Waals surface area (Å²) in [4.78, 5) is 0. The first-order valence-electron chi connectivity index (χ1n) is 12.8. The van der Waals surface area contributed by atoms with Crippen LogP contribution in [0.4, 0.5) is 11.4 Å². The van der Waals surface area contributed by atoms with E-state index in [1.54, 1.807) is 0 Å². The molecule has 7 rings (SSSR count). The Bertz CT molecular complexity index is 1590. The summed E-state index contributed by atoms with van der Waals surface area (Å²) in [6, 6.07) is 42.5. The summed E-state index contributed by atoms with van der Waals surface area (Å²) in [5.41, 5.74) is 14.1. The molecule has 0 saturated carbocycles. The van der Waals surface area contributed by atoms with E-state index in [-0.39, 0.29) is 10.8 Å². The van der Waals surface area contributed by atoms with Crippen molar-refractivity contribution in [1.29, 1.82) is 0 Å². The average Bonchev–Trinajstić information content (AvgIpc) is 3.37. The van der Waals surface area contributed by atoms with Gasteiger partial charge in [0.2, 0.25) is 0 Å². The first kappa shape index (κ1) is 21.2. The largest absolute Gasteiger partial charge is 0.355 e. The Morgan fingerprint density at radius 1 is 0.528 bits per heavy atom. The fourth-order valence-corrected chi connectivity index (χ4v) is 6.48. The lowest BCUT2D eigenvalue weighted by Crippen LogP contribution is -2.26. The average molecular weight is 464 g/mol. The Hall–Kier alpha value is -4.10. The molecule has 2 aliphatic carbocycles. The van der Waals surface area contributed by atoms with Crippen LogP contribution in [0.25, 0.3) is 22.3 Å². The van der Waals surface area contributed by atoms with Crippen LogP contribution in [0.3, 0.4) is 0 Å². The van der Waals surface area contributed by atoms with Crippen LogP contribution in [0.5, 0.6) is 0 Å². The van der Waals surface area contributed by atoms with E-state index < -0.39 is 0 Å². The molecule has 174 valence electrons. The molecule has 0 bridgehead atoms. The Kier molecular flexibility index (Phi) is 4.39. The summed E-state index contributed by atoms with van der Waals surface area (Å²) < 4.78 is 0. The van der Waals surface area contributed by atoms with Crippen LogP contribution < -0.4 is 5.32 Å². The van der Waals surface area contributed by atoms with Crippen molar-refractivity contribution in [3.8, 4) is 22.3 Å². The topological polar surface area (TPSA) is 12.0 Å². The molecule has 1 nitrogen and oxygen atoms in total. The second-order valence-corrected chi connectivity index (χ2v) is 11.1. The summed E-state index contributed by atoms with van der Waals surface area (Å²) >= 11 is 0. The SMILES string of the molecule is CC(C)(C)c1cccc(Nc2cccc3c2C2(c4ccccc4-c4ccccc42)c2ccccc2-3)c1. The van der Waals surface area contributed by atoms with Crippen molar-refractivity contribution >= 4 is 11.4 Å². The van der Waals surface area contributed by atoms with Crippen LogP contribution in [0.2, 0.25) is 0 Å². The maximum absolute atomic E-state index is 3.86. The van der Waals surface area contributed by atoms with Crippen LogP contribution in [-0.2, 0) is 10.8 Å². The molecular weight excluding hydrogens is 434 g/mol. The molecule has 0 unspecified atom stereocenters. The number of hydrogen-bond acceptors (Lipinski definition) is 1. The normalized spacial score (nSPS) is 14.2. The zero-order valence-electron chi connectivity index (χ0n) is 21.0. The van der Waals surface area contributed by atoms with Crippen molar-refractivity contribution in [1.82, 2.24) is 0 Å². The molecule has 0 aliphatic heterocycles. The standard InChI is InChI=1S/C35H29N/c1-34(2,3)23-12-10-13-24(22-23)36-32-21-11-17-28-27-16-6-9-20-31(27)35(33(28)32)29-18-7-4-14-25(29)26-15-5-8-19-30(26)35/h4-22,36H,1-3H3. The van der Waals surface area contributed by atoms with Crippen molar-refractivity contribution < 1.29 is 0 Å². The van der Waals surface area contributed by atoms with Gasteiger partial charge in [-0.25, -0.2) is 0 Å². The van der Waals surface area contributed by atoms with Crippen molar-refractivity contribution in [3.63, 3.8) is 0 Å². The molecule has 0 amide bonds. The molecule has 0 saturated heterocycles. The number of fused-ring (bicyclic) bond motifs is 10. The summed E-state index contributed by atoms with van der Waals surface area (Å²) in [6.07, 6.45) is 0. The Morgan fingerprint density at radius 2 is 1.03 bits per heavy atom. The first-order chi connectivity index (χ1) is 17.5. The highest BCUT2D eigenvalue weighted by Crippen LogP contribution is 2.64. The van der Waals surface area contributed by atoms with Gasteiger partial charge >= 0.3 is 0 Å². The minimum Gasteiger partial charge on any atom is -0.355 e. The summed E-state index contributed by atoms with van der Waals surface area (Å²) in [7, 11) is 0. The maximum atomic E-state index is 3.86. The quantitative estimate of drug-likeness (QED) is 0.270. The molecule has 1 heteroatoms. The van der Waals surface area contributed by atoms with Crippen molar-refractivity contribution in [2.24, 2.45) is 0 Å². The van der Waals surface area contributed by atoms with E-state index in [1.807, 2.05) is 0 Å². The Labute approximate surface area is 213 Å². The monoisotopic (exact) mass is 463 g/mol. The zero-order chi connectivity index (χ0) is 24.5. The van der Waals surface area contributed by atoms with E-state index >= 15 is 0 Å². The van der Waals surface area contributed by atoms with E-state index in [2.05, 4.69) is 141 Å². The van der Waals surface area contributed by atoms with Gasteiger partial charge in [0, 0.05) is 16.9 Å². The van der Waals surface area contributed by atoms with E-state index in [9.17, 15) is 0 Å². The molecule has 0 fully saturated rings. The van der Waals surface area contributed by atoms with E-state index in [0.717, 1.165) is 5.69 Å². The summed E-state index contributed by atoms with van der Waals surface area (Å²) in [5.74, 6) is 0. The Morgan fingerprint density at radius 3 is 1.61 bits per heavy atom. The molecule has 0 atom stereocenters. The Balaban J connectivity index is 1.54. The molecule has 36 heavy (non-hydrogen) atoms. The lowest BCUT2D eigenvalue weighted by molar-refractivity contribution is 0.590. The highest BCUT2D eigenvalue weighted by Gasteiger charge is 2.52. The third-order valence-corrected chi connectivity index (χ3v) is 8.02. The smallest absolute Gasteiger partial charge is 0.0745 e. The fourth-order valence-electron chi connectivity index (χ4n) is 6.48. The maximum Gasteiger partial charge on any atom is 0.0745 e. The van der Waals surface area contributed by atoms with Gasteiger partial charge in [-0.15, -0.1) is 0 Å². The summed E-state index contributed by atoms with van der Waals surface area (Å²) in [6.45, 7) is 6.80. The minimum absolute atomic E-state index is 0.0944. The predicted molar refractivity (Wildman–Crippen MR) is 151 cm³/mol. The lowest BCUT2D eigenvalue weighted by atomic mass is 9.70. The molecule has 0 radical (unpaired) electrons. The number of nitrogens with one attached hydrogen (secondary N) is 1. The summed E-state index contributed by atoms with van der Waals surface area (Å²) in [5, 5.41) is 3.86. The molecule has 1 spiro atoms. The number of hydrogen-bond donors (Lipinski definition) is 1. The fraction of sp³-hybridized carbons (Fsp3) is 0.143. The second kappa shape index (κ2) is 7.45. The van der Waals surface area contributed by atoms with Crippen LogP contribution in [0, 0.1) is 0 Å².